The summed E-state index contributed by atoms with van der Waals surface area (Å²) < 4.78 is 20.4. The zero-order valence-corrected chi connectivity index (χ0v) is 31.2. The number of hydrogen-bond donors (Lipinski definition) is 0. The van der Waals surface area contributed by atoms with Gasteiger partial charge in [-0.1, -0.05) is 0 Å². The Kier molecular flexibility index (Phi) is 7.76. The zero-order valence-electron chi connectivity index (χ0n) is 27.6. The van der Waals surface area contributed by atoms with Crippen LogP contribution in [-0.4, -0.2) is 15.5 Å². The van der Waals surface area contributed by atoms with Crippen molar-refractivity contribution in [2.24, 2.45) is 0 Å². The summed E-state index contributed by atoms with van der Waals surface area (Å²) in [4.78, 5) is 0. The Hall–Kier alpha value is -3.30. The number of fused-ring (bicyclic) bond motifs is 2. The van der Waals surface area contributed by atoms with E-state index in [0.717, 1.165) is 11.5 Å². The molecular weight excluding hydrogens is 715 g/mol. The topological polar surface area (TPSA) is 18.5 Å². The van der Waals surface area contributed by atoms with Gasteiger partial charge in [-0.25, -0.2) is 0 Å². The van der Waals surface area contributed by atoms with Crippen molar-refractivity contribution in [1.29, 1.82) is 0 Å². The molecule has 0 saturated heterocycles. The zero-order chi connectivity index (χ0) is 31.4. The van der Waals surface area contributed by atoms with Gasteiger partial charge in [0.25, 0.3) is 0 Å². The fraction of sp³-hybridized carbons (Fsp3) is 0.310. The predicted octanol–water partition coefficient (Wildman–Crippen LogP) is 11.6. The number of allylic oxidation sites excluding steroid dienone is 2. The molecule has 2 nitrogen and oxygen atoms in total. The van der Waals surface area contributed by atoms with E-state index in [0.29, 0.717) is 7.35 Å². The number of hydrogen-bond acceptors (Lipinski definition) is 2. The molecule has 7 rings (SSSR count). The van der Waals surface area contributed by atoms with Crippen LogP contribution in [-0.2, 0) is 18.0 Å². The van der Waals surface area contributed by atoms with Gasteiger partial charge >= 0.3 is 272 Å². The van der Waals surface area contributed by atoms with Crippen molar-refractivity contribution in [2.45, 2.75) is 75.9 Å². The van der Waals surface area contributed by atoms with Crippen LogP contribution in [0, 0.1) is 0 Å². The molecule has 0 bridgehead atoms. The molecule has 2 atom stereocenters. The van der Waals surface area contributed by atoms with Crippen LogP contribution in [0.15, 0.2) is 97.1 Å². The summed E-state index contributed by atoms with van der Waals surface area (Å²) in [5, 5.41) is 0. The van der Waals surface area contributed by atoms with E-state index < -0.39 is 18.0 Å². The monoisotopic (exact) mass is 762 g/mol. The molecule has 0 amide bonds. The number of ether oxygens (including phenoxy) is 2. The van der Waals surface area contributed by atoms with Gasteiger partial charge in [0.05, 0.1) is 0 Å². The van der Waals surface area contributed by atoms with Crippen molar-refractivity contribution in [2.75, 3.05) is 0 Å². The molecule has 1 saturated carbocycles. The van der Waals surface area contributed by atoms with Crippen LogP contribution in [0.2, 0.25) is 9.36 Å². The Labute approximate surface area is 270 Å². The Morgan fingerprint density at radius 2 is 1.00 bits per heavy atom. The molecular formula is C42H46HfO2. The van der Waals surface area contributed by atoms with Crippen LogP contribution in [0.4, 0.5) is 0 Å². The first-order valence-corrected chi connectivity index (χ1v) is 30.0. The predicted molar refractivity (Wildman–Crippen MR) is 189 cm³/mol. The Morgan fingerprint density at radius 1 is 0.578 bits per heavy atom. The van der Waals surface area contributed by atoms with Gasteiger partial charge in [-0.15, -0.1) is 0 Å². The van der Waals surface area contributed by atoms with E-state index in [2.05, 4.69) is 146 Å². The maximum absolute atomic E-state index is 5.94. The second-order valence-corrected chi connectivity index (χ2v) is 40.5. The fourth-order valence-electron chi connectivity index (χ4n) is 8.47. The molecule has 3 aliphatic rings. The molecule has 2 unspecified atom stereocenters. The van der Waals surface area contributed by atoms with E-state index in [1.807, 2.05) is 3.26 Å². The van der Waals surface area contributed by atoms with Crippen molar-refractivity contribution in [1.82, 2.24) is 0 Å². The summed E-state index contributed by atoms with van der Waals surface area (Å²) in [5.74, 6) is 1.86. The SMILES string of the molecule is CC(C)Oc1ccc(-c2cccc3c2C=C[CH]3[Hf]([CH3])([CH3])(=[C]2CCC2)[CH]2C=Cc3c(-c4ccc(OC(C)C)cc4)cccc32)cc1. The van der Waals surface area contributed by atoms with Gasteiger partial charge in [-0.2, -0.15) is 0 Å². The van der Waals surface area contributed by atoms with Gasteiger partial charge in [0.15, 0.2) is 0 Å². The van der Waals surface area contributed by atoms with Crippen LogP contribution < -0.4 is 9.47 Å². The van der Waals surface area contributed by atoms with Gasteiger partial charge < -0.3 is 0 Å². The van der Waals surface area contributed by atoms with E-state index >= 15 is 0 Å². The van der Waals surface area contributed by atoms with Crippen molar-refractivity contribution >= 4 is 15.4 Å². The molecule has 230 valence electrons. The van der Waals surface area contributed by atoms with Gasteiger partial charge in [0, 0.05) is 0 Å². The third-order valence-corrected chi connectivity index (χ3v) is 38.1. The van der Waals surface area contributed by atoms with E-state index in [4.69, 9.17) is 9.47 Å². The molecule has 0 N–H and O–H groups in total. The second kappa shape index (κ2) is 11.5. The Morgan fingerprint density at radius 3 is 1.36 bits per heavy atom. The summed E-state index contributed by atoms with van der Waals surface area (Å²) >= 11 is -3.89. The van der Waals surface area contributed by atoms with E-state index in [9.17, 15) is 0 Å². The molecule has 0 heterocycles. The van der Waals surface area contributed by atoms with E-state index in [1.54, 1.807) is 0 Å². The van der Waals surface area contributed by atoms with Crippen molar-refractivity contribution < 1.29 is 27.5 Å². The Balaban J connectivity index is 1.29. The number of benzene rings is 4. The van der Waals surface area contributed by atoms with E-state index in [-0.39, 0.29) is 12.2 Å². The maximum atomic E-state index is 5.94. The molecule has 4 aromatic carbocycles. The molecule has 4 aromatic rings. The van der Waals surface area contributed by atoms with Crippen LogP contribution >= 0.6 is 0 Å². The molecule has 0 aliphatic heterocycles. The Bertz CT molecular complexity index is 1750. The molecule has 0 radical (unpaired) electrons. The van der Waals surface area contributed by atoms with Crippen LogP contribution in [0.25, 0.3) is 34.4 Å². The minimum absolute atomic E-state index is 0.173. The first-order valence-electron chi connectivity index (χ1n) is 16.8. The first kappa shape index (κ1) is 30.4. The van der Waals surface area contributed by atoms with Gasteiger partial charge in [-0.3, -0.25) is 0 Å². The normalized spacial score (nSPS) is 18.7. The molecule has 3 heteroatoms. The van der Waals surface area contributed by atoms with Crippen LogP contribution in [0.5, 0.6) is 11.5 Å². The van der Waals surface area contributed by atoms with Crippen molar-refractivity contribution in [3.8, 4) is 33.8 Å². The summed E-state index contributed by atoms with van der Waals surface area (Å²) in [6.45, 7) is 8.30. The first-order chi connectivity index (χ1) is 21.6. The quantitative estimate of drug-likeness (QED) is 0.167. The molecule has 0 aromatic heterocycles. The van der Waals surface area contributed by atoms with Crippen LogP contribution in [0.3, 0.4) is 0 Å². The summed E-state index contributed by atoms with van der Waals surface area (Å²) in [6.07, 6.45) is 14.4. The molecule has 0 spiro atoms. The second-order valence-electron chi connectivity index (χ2n) is 14.7. The van der Waals surface area contributed by atoms with Gasteiger partial charge in [-0.05, 0) is 0 Å². The molecule has 45 heavy (non-hydrogen) atoms. The summed E-state index contributed by atoms with van der Waals surface area (Å²) in [6, 6.07) is 31.4. The average Bonchev–Trinajstić information content (AvgIpc) is 3.63. The minimum atomic E-state index is -3.89. The van der Waals surface area contributed by atoms with Gasteiger partial charge in [0.2, 0.25) is 0 Å². The van der Waals surface area contributed by atoms with Gasteiger partial charge in [0.1, 0.15) is 0 Å². The molecule has 3 aliphatic carbocycles. The van der Waals surface area contributed by atoms with Crippen molar-refractivity contribution in [3.05, 3.63) is 119 Å². The summed E-state index contributed by atoms with van der Waals surface area (Å²) in [5.41, 5.74) is 11.1. The van der Waals surface area contributed by atoms with Crippen molar-refractivity contribution in [3.63, 3.8) is 0 Å². The summed E-state index contributed by atoms with van der Waals surface area (Å²) in [7, 11) is 0. The fourth-order valence-corrected chi connectivity index (χ4v) is 33.6. The molecule has 1 fully saturated rings. The van der Waals surface area contributed by atoms with Crippen LogP contribution in [0.1, 0.15) is 76.6 Å². The number of rotatable bonds is 8. The third kappa shape index (κ3) is 5.16. The standard InChI is InChI=1S/2C18H17O.C4H6.2CH3.Hf/c2*1-13(2)19-16-11-9-15(10-12-16)18-8-4-6-14-5-3-7-17(14)18;1-2-4-3-1;;;/h2*3-13H,1-2H3;1-3H2;2*1H3;. The average molecular weight is 761 g/mol. The van der Waals surface area contributed by atoms with E-state index in [1.165, 1.54) is 63.8 Å². The third-order valence-electron chi connectivity index (χ3n) is 10.9.